The minimum Gasteiger partial charge on any atom is -0.480 e. The predicted molar refractivity (Wildman–Crippen MR) is 123 cm³/mol. The quantitative estimate of drug-likeness (QED) is 0.325. The topological polar surface area (TPSA) is 110 Å². The fourth-order valence-electron chi connectivity index (χ4n) is 2.89. The summed E-state index contributed by atoms with van der Waals surface area (Å²) in [4.78, 5) is 15.8. The van der Waals surface area contributed by atoms with E-state index in [0.29, 0.717) is 10.8 Å². The standard InChI is InChI=1S/C21H17FN4O4S2/c1-29-10-16(20(27)28)24-19(31)17-9-15(26-30-17)11-2-5-13(6-3-11)23-21-25-14-7-4-12(22)8-18(14)32-21/h2-9,16H,10H2,1H3,(H,23,25)(H,24,31)(H,27,28)/t16-/m0/s1. The monoisotopic (exact) mass is 472 g/mol. The molecule has 164 valence electrons. The fraction of sp³-hybridized carbons (Fsp3) is 0.143. The third-order valence-corrected chi connectivity index (χ3v) is 5.71. The summed E-state index contributed by atoms with van der Waals surface area (Å²) >= 11 is 6.58. The van der Waals surface area contributed by atoms with Crippen molar-refractivity contribution in [3.63, 3.8) is 0 Å². The number of thiazole rings is 1. The number of methoxy groups -OCH3 is 1. The van der Waals surface area contributed by atoms with E-state index in [1.54, 1.807) is 12.1 Å². The summed E-state index contributed by atoms with van der Waals surface area (Å²) in [6.45, 7) is -0.0471. The van der Waals surface area contributed by atoms with Crippen LogP contribution in [0.5, 0.6) is 0 Å². The highest BCUT2D eigenvalue weighted by Crippen LogP contribution is 2.29. The summed E-state index contributed by atoms with van der Waals surface area (Å²) in [6.07, 6.45) is 0. The number of carboxylic acids is 1. The van der Waals surface area contributed by atoms with Crippen LogP contribution in [0, 0.1) is 5.82 Å². The van der Waals surface area contributed by atoms with E-state index in [2.05, 4.69) is 20.8 Å². The Balaban J connectivity index is 1.44. The molecule has 2 aromatic carbocycles. The number of aliphatic carboxylic acids is 1. The molecule has 0 aliphatic carbocycles. The molecular weight excluding hydrogens is 455 g/mol. The first-order valence-corrected chi connectivity index (χ1v) is 10.6. The Bertz CT molecular complexity index is 1270. The van der Waals surface area contributed by atoms with Crippen molar-refractivity contribution < 1.29 is 23.6 Å². The SMILES string of the molecule is COC[C@H](NC(=S)c1cc(-c2ccc(Nc3nc4ccc(F)cc4s3)cc2)no1)C(=O)O. The van der Waals surface area contributed by atoms with E-state index in [4.69, 9.17) is 21.5 Å². The normalized spacial score (nSPS) is 11.9. The number of carboxylic acid groups (broad SMARTS) is 1. The molecule has 0 spiro atoms. The average Bonchev–Trinajstić information content (AvgIpc) is 3.40. The van der Waals surface area contributed by atoms with Crippen molar-refractivity contribution in [3.05, 3.63) is 60.1 Å². The lowest BCUT2D eigenvalue weighted by Gasteiger charge is -2.13. The number of fused-ring (bicyclic) bond motifs is 1. The van der Waals surface area contributed by atoms with Crippen molar-refractivity contribution in [1.82, 2.24) is 15.5 Å². The number of nitrogens with one attached hydrogen (secondary N) is 2. The third-order valence-electron chi connectivity index (χ3n) is 4.45. The zero-order chi connectivity index (χ0) is 22.7. The van der Waals surface area contributed by atoms with E-state index < -0.39 is 12.0 Å². The number of carbonyl (C=O) groups is 1. The van der Waals surface area contributed by atoms with E-state index in [1.807, 2.05) is 24.3 Å². The first-order chi connectivity index (χ1) is 15.4. The van der Waals surface area contributed by atoms with Crippen LogP contribution in [-0.4, -0.2) is 46.0 Å². The molecule has 1 atom stereocenters. The van der Waals surface area contributed by atoms with Crippen LogP contribution in [0.25, 0.3) is 21.5 Å². The molecule has 3 N–H and O–H groups in total. The van der Waals surface area contributed by atoms with Crippen molar-refractivity contribution in [2.24, 2.45) is 0 Å². The lowest BCUT2D eigenvalue weighted by atomic mass is 10.1. The van der Waals surface area contributed by atoms with Gasteiger partial charge in [0, 0.05) is 24.4 Å². The van der Waals surface area contributed by atoms with Gasteiger partial charge in [-0.2, -0.15) is 0 Å². The number of thiocarbonyl (C=S) groups is 1. The first kappa shape index (κ1) is 21.8. The number of anilines is 2. The summed E-state index contributed by atoms with van der Waals surface area (Å²) in [6, 6.07) is 12.5. The second kappa shape index (κ2) is 9.39. The van der Waals surface area contributed by atoms with Gasteiger partial charge in [0.1, 0.15) is 22.5 Å². The zero-order valence-corrected chi connectivity index (χ0v) is 18.3. The number of nitrogens with zero attached hydrogens (tertiary/aromatic N) is 2. The van der Waals surface area contributed by atoms with Gasteiger partial charge in [-0.1, -0.05) is 40.8 Å². The molecule has 8 nitrogen and oxygen atoms in total. The Morgan fingerprint density at radius 3 is 2.78 bits per heavy atom. The molecule has 0 saturated carbocycles. The smallest absolute Gasteiger partial charge is 0.328 e. The molecule has 0 unspecified atom stereocenters. The third kappa shape index (κ3) is 4.90. The van der Waals surface area contributed by atoms with E-state index in [-0.39, 0.29) is 23.2 Å². The summed E-state index contributed by atoms with van der Waals surface area (Å²) in [5, 5.41) is 19.7. The zero-order valence-electron chi connectivity index (χ0n) is 16.7. The predicted octanol–water partition coefficient (Wildman–Crippen LogP) is 4.20. The molecule has 0 saturated heterocycles. The first-order valence-electron chi connectivity index (χ1n) is 9.36. The Hall–Kier alpha value is -3.41. The minimum absolute atomic E-state index is 0.0471. The molecule has 4 aromatic rings. The average molecular weight is 473 g/mol. The highest BCUT2D eigenvalue weighted by atomic mass is 32.1. The van der Waals surface area contributed by atoms with Crippen LogP contribution in [0.1, 0.15) is 5.76 Å². The maximum absolute atomic E-state index is 13.4. The number of ether oxygens (including phenoxy) is 1. The number of hydrogen-bond acceptors (Lipinski definition) is 8. The Kier molecular flexibility index (Phi) is 6.40. The lowest BCUT2D eigenvalue weighted by molar-refractivity contribution is -0.140. The van der Waals surface area contributed by atoms with Crippen LogP contribution < -0.4 is 10.6 Å². The Morgan fingerprint density at radius 2 is 2.06 bits per heavy atom. The molecule has 11 heteroatoms. The number of aromatic nitrogens is 2. The van der Waals surface area contributed by atoms with Gasteiger partial charge in [-0.05, 0) is 30.3 Å². The van der Waals surface area contributed by atoms with Crippen LogP contribution in [0.3, 0.4) is 0 Å². The maximum atomic E-state index is 13.4. The maximum Gasteiger partial charge on any atom is 0.328 e. The van der Waals surface area contributed by atoms with Gasteiger partial charge in [0.2, 0.25) is 0 Å². The number of hydrogen-bond donors (Lipinski definition) is 3. The van der Waals surface area contributed by atoms with Gasteiger partial charge in [0.15, 0.2) is 10.9 Å². The van der Waals surface area contributed by atoms with Gasteiger partial charge in [0.05, 0.1) is 16.8 Å². The fourth-order valence-corrected chi connectivity index (χ4v) is 4.04. The van der Waals surface area contributed by atoms with Crippen LogP contribution in [0.15, 0.2) is 53.1 Å². The van der Waals surface area contributed by atoms with Crippen LogP contribution in [-0.2, 0) is 9.53 Å². The molecule has 0 bridgehead atoms. The van der Waals surface area contributed by atoms with Gasteiger partial charge in [0.25, 0.3) is 0 Å². The Labute approximate surface area is 191 Å². The van der Waals surface area contributed by atoms with Crippen molar-refractivity contribution in [2.75, 3.05) is 19.0 Å². The van der Waals surface area contributed by atoms with Gasteiger partial charge < -0.3 is 25.0 Å². The summed E-state index contributed by atoms with van der Waals surface area (Å²) in [7, 11) is 1.41. The second-order valence-electron chi connectivity index (χ2n) is 6.73. The van der Waals surface area contributed by atoms with Crippen molar-refractivity contribution >= 4 is 55.5 Å². The summed E-state index contributed by atoms with van der Waals surface area (Å²) < 4.78 is 24.3. The van der Waals surface area contributed by atoms with Gasteiger partial charge in [-0.3, -0.25) is 0 Å². The number of halogens is 1. The summed E-state index contributed by atoms with van der Waals surface area (Å²) in [5.74, 6) is -1.13. The molecule has 0 amide bonds. The molecule has 2 aromatic heterocycles. The van der Waals surface area contributed by atoms with Crippen molar-refractivity contribution in [1.29, 1.82) is 0 Å². The van der Waals surface area contributed by atoms with Gasteiger partial charge in [-0.15, -0.1) is 0 Å². The molecular formula is C21H17FN4O4S2. The summed E-state index contributed by atoms with van der Waals surface area (Å²) in [5.41, 5.74) is 2.86. The van der Waals surface area contributed by atoms with Crippen LogP contribution in [0.2, 0.25) is 0 Å². The van der Waals surface area contributed by atoms with E-state index in [0.717, 1.165) is 21.5 Å². The van der Waals surface area contributed by atoms with E-state index in [1.165, 1.54) is 30.6 Å². The highest BCUT2D eigenvalue weighted by molar-refractivity contribution is 7.80. The van der Waals surface area contributed by atoms with E-state index >= 15 is 0 Å². The minimum atomic E-state index is -1.09. The number of rotatable bonds is 8. The second-order valence-corrected chi connectivity index (χ2v) is 8.17. The molecule has 2 heterocycles. The van der Waals surface area contributed by atoms with Gasteiger partial charge >= 0.3 is 5.97 Å². The van der Waals surface area contributed by atoms with Crippen molar-refractivity contribution in [2.45, 2.75) is 6.04 Å². The molecule has 0 aliphatic heterocycles. The lowest BCUT2D eigenvalue weighted by Crippen LogP contribution is -2.43. The van der Waals surface area contributed by atoms with E-state index in [9.17, 15) is 14.3 Å². The van der Waals surface area contributed by atoms with Gasteiger partial charge in [-0.25, -0.2) is 14.2 Å². The molecule has 32 heavy (non-hydrogen) atoms. The number of benzene rings is 2. The van der Waals surface area contributed by atoms with Crippen LogP contribution >= 0.6 is 23.6 Å². The van der Waals surface area contributed by atoms with Crippen LogP contribution in [0.4, 0.5) is 15.2 Å². The molecule has 4 rings (SSSR count). The van der Waals surface area contributed by atoms with Crippen molar-refractivity contribution in [3.8, 4) is 11.3 Å². The molecule has 0 radical (unpaired) electrons. The molecule has 0 aliphatic rings. The highest BCUT2D eigenvalue weighted by Gasteiger charge is 2.21. The molecule has 0 fully saturated rings. The largest absolute Gasteiger partial charge is 0.480 e. The Morgan fingerprint density at radius 1 is 1.28 bits per heavy atom.